The Balaban J connectivity index is 0.000000676. The summed E-state index contributed by atoms with van der Waals surface area (Å²) in [5.41, 5.74) is 9.27. The molecule has 53 heavy (non-hydrogen) atoms. The van der Waals surface area contributed by atoms with Gasteiger partial charge in [0.2, 0.25) is 0 Å². The van der Waals surface area contributed by atoms with Crippen LogP contribution in [0.3, 0.4) is 0 Å². The van der Waals surface area contributed by atoms with Crippen molar-refractivity contribution < 1.29 is 55.6 Å². The average molecular weight is 852 g/mol. The topological polar surface area (TPSA) is 162 Å². The maximum atomic E-state index is 9.18. The van der Waals surface area contributed by atoms with Crippen molar-refractivity contribution in [1.29, 1.82) is 0 Å². The van der Waals surface area contributed by atoms with Gasteiger partial charge in [-0.05, 0) is 120 Å². The van der Waals surface area contributed by atoms with Crippen molar-refractivity contribution in [1.82, 2.24) is 0 Å². The third kappa shape index (κ3) is 16.0. The van der Waals surface area contributed by atoms with Gasteiger partial charge >= 0.3 is 0 Å². The Labute approximate surface area is 333 Å². The Morgan fingerprint density at radius 1 is 0.302 bits per heavy atom. The molecule has 0 radical (unpaired) electrons. The summed E-state index contributed by atoms with van der Waals surface area (Å²) in [5.74, 6) is 0. The van der Waals surface area contributed by atoms with Crippen LogP contribution in [-0.4, -0.2) is 39.1 Å². The van der Waals surface area contributed by atoms with Crippen molar-refractivity contribution in [2.24, 2.45) is 0 Å². The third-order valence-corrected chi connectivity index (χ3v) is 12.2. The van der Waals surface area contributed by atoms with Crippen molar-refractivity contribution in [3.05, 3.63) is 117 Å². The van der Waals surface area contributed by atoms with Gasteiger partial charge in [-0.2, -0.15) is 0 Å². The Kier molecular flexibility index (Phi) is 27.6. The molecule has 4 rings (SSSR count). The van der Waals surface area contributed by atoms with Crippen LogP contribution in [0.4, 0.5) is 0 Å². The van der Waals surface area contributed by atoms with Crippen molar-refractivity contribution in [3.8, 4) is 0 Å². The van der Waals surface area contributed by atoms with E-state index in [0.29, 0.717) is 21.2 Å². The van der Waals surface area contributed by atoms with Gasteiger partial charge in [-0.15, -0.1) is 0 Å². The van der Waals surface area contributed by atoms with Crippen molar-refractivity contribution in [2.75, 3.05) is 0 Å². The van der Waals surface area contributed by atoms with Crippen molar-refractivity contribution >= 4 is 54.7 Å². The molecule has 0 bridgehead atoms. The van der Waals surface area contributed by atoms with Crippen LogP contribution in [0, 0.1) is 0 Å². The van der Waals surface area contributed by atoms with Crippen molar-refractivity contribution in [2.45, 2.75) is 107 Å². The molecule has 0 aromatic heterocycles. The normalized spacial score (nSPS) is 10.6. The number of rotatable bonds is 12. The summed E-state index contributed by atoms with van der Waals surface area (Å²) in [6.07, 6.45) is 7.22. The molecule has 0 amide bonds. The zero-order valence-electron chi connectivity index (χ0n) is 32.3. The van der Waals surface area contributed by atoms with Gasteiger partial charge in [-0.1, -0.05) is 104 Å². The van der Waals surface area contributed by atoms with Gasteiger partial charge in [0.1, 0.15) is 0 Å². The molecule has 0 fully saturated rings. The van der Waals surface area contributed by atoms with Crippen LogP contribution < -0.4 is 21.2 Å². The second-order valence-corrected chi connectivity index (χ2v) is 15.9. The number of hydrogen-bond donors (Lipinski definition) is 8. The molecule has 0 unspecified atom stereocenters. The molecule has 0 aliphatic rings. The quantitative estimate of drug-likeness (QED) is 0.0563. The molecule has 0 aliphatic heterocycles. The maximum Gasteiger partial charge on any atom is 0.199 e. The third-order valence-electron chi connectivity index (χ3n) is 8.79. The van der Waals surface area contributed by atoms with Crippen LogP contribution in [0.1, 0.15) is 99.9 Å². The summed E-state index contributed by atoms with van der Waals surface area (Å²) in [6.45, 7) is 16.5. The molecule has 0 heterocycles. The Bertz CT molecular complexity index is 1380. The van der Waals surface area contributed by atoms with Gasteiger partial charge < -0.3 is 39.1 Å². The van der Waals surface area contributed by atoms with E-state index in [1.165, 1.54) is 22.3 Å². The van der Waals surface area contributed by atoms with Gasteiger partial charge in [0.15, 0.2) is 33.5 Å². The summed E-state index contributed by atoms with van der Waals surface area (Å²) in [4.78, 5) is 73.4. The van der Waals surface area contributed by atoms with Crippen LogP contribution in [0.15, 0.2) is 72.8 Å². The predicted octanol–water partition coefficient (Wildman–Crippen LogP) is 6.93. The van der Waals surface area contributed by atoms with Gasteiger partial charge in [0.05, 0.1) is 0 Å². The Morgan fingerprint density at radius 3 is 0.585 bits per heavy atom. The zero-order chi connectivity index (χ0) is 39.4. The van der Waals surface area contributed by atoms with E-state index in [4.69, 9.17) is 0 Å². The van der Waals surface area contributed by atoms with Gasteiger partial charge in [-0.25, -0.2) is 0 Å². The molecule has 0 saturated heterocycles. The predicted molar refractivity (Wildman–Crippen MR) is 225 cm³/mol. The van der Waals surface area contributed by atoms with Gasteiger partial charge in [-0.3, -0.25) is 0 Å². The molecular weight excluding hydrogens is 791 g/mol. The SMILES string of the molecule is CCc1cccc(P(O)O)c1CC.CCc1cccc(P(O)O)c1CC.CCc1cccc(P(O)O)c1CC.CCc1cccc(P(O)O)c1CC.[Ni]. The summed E-state index contributed by atoms with van der Waals surface area (Å²) in [6, 6.07) is 22.9. The van der Waals surface area contributed by atoms with Crippen LogP contribution in [-0.2, 0) is 67.9 Å². The minimum absolute atomic E-state index is 0. The van der Waals surface area contributed by atoms with Crippen LogP contribution in [0.2, 0.25) is 0 Å². The van der Waals surface area contributed by atoms with E-state index >= 15 is 0 Å². The van der Waals surface area contributed by atoms with E-state index < -0.39 is 33.5 Å². The fourth-order valence-corrected chi connectivity index (χ4v) is 9.24. The first kappa shape index (κ1) is 51.8. The summed E-state index contributed by atoms with van der Waals surface area (Å²) in [5, 5.41) is 2.82. The maximum absolute atomic E-state index is 9.18. The largest absolute Gasteiger partial charge is 0.347 e. The van der Waals surface area contributed by atoms with Crippen LogP contribution in [0.25, 0.3) is 0 Å². The summed E-state index contributed by atoms with van der Waals surface area (Å²) in [7, 11) is -7.78. The molecule has 0 atom stereocenters. The first-order valence-corrected chi connectivity index (χ1v) is 22.9. The molecule has 8 N–H and O–H groups in total. The molecule has 4 aromatic rings. The molecule has 298 valence electrons. The van der Waals surface area contributed by atoms with E-state index in [-0.39, 0.29) is 16.5 Å². The molecule has 13 heteroatoms. The number of aryl methyl sites for hydroxylation is 4. The van der Waals surface area contributed by atoms with Gasteiger partial charge in [0, 0.05) is 37.7 Å². The average Bonchev–Trinajstić information content (AvgIpc) is 3.16. The summed E-state index contributed by atoms with van der Waals surface area (Å²) < 4.78 is 0. The molecule has 4 aromatic carbocycles. The second kappa shape index (κ2) is 28.2. The molecular formula is C40H60NiO8P4. The van der Waals surface area contributed by atoms with E-state index in [1.54, 1.807) is 24.3 Å². The first-order valence-electron chi connectivity index (χ1n) is 18.0. The standard InChI is InChI=1S/4C10H15O2P.Ni/c4*1-3-8-6-5-7-10(13(11)12)9(8)4-2;/h4*5-7,11-12H,3-4H2,1-2H3;. The smallest absolute Gasteiger partial charge is 0.199 e. The minimum Gasteiger partial charge on any atom is -0.347 e. The van der Waals surface area contributed by atoms with E-state index in [9.17, 15) is 39.1 Å². The molecule has 0 aliphatic carbocycles. The van der Waals surface area contributed by atoms with Crippen LogP contribution in [0.5, 0.6) is 0 Å². The molecule has 0 spiro atoms. The second-order valence-electron chi connectivity index (χ2n) is 11.6. The van der Waals surface area contributed by atoms with E-state index in [2.05, 4.69) is 27.7 Å². The summed E-state index contributed by atoms with van der Waals surface area (Å²) >= 11 is 0. The number of benzene rings is 4. The fraction of sp³-hybridized carbons (Fsp3) is 0.400. The minimum atomic E-state index is -1.94. The zero-order valence-corrected chi connectivity index (χ0v) is 36.8. The first-order chi connectivity index (χ1) is 24.8. The van der Waals surface area contributed by atoms with Crippen molar-refractivity contribution in [3.63, 3.8) is 0 Å². The molecule has 8 nitrogen and oxygen atoms in total. The van der Waals surface area contributed by atoms with Crippen LogP contribution >= 0.6 is 33.5 Å². The Hall–Kier alpha value is -1.23. The molecule has 0 saturated carbocycles. The number of hydrogen-bond acceptors (Lipinski definition) is 8. The monoisotopic (exact) mass is 850 g/mol. The fourth-order valence-electron chi connectivity index (χ4n) is 6.19. The Morgan fingerprint density at radius 2 is 0.472 bits per heavy atom. The van der Waals surface area contributed by atoms with Gasteiger partial charge in [0.25, 0.3) is 0 Å². The van der Waals surface area contributed by atoms with E-state index in [1.807, 2.05) is 76.2 Å². The van der Waals surface area contributed by atoms with E-state index in [0.717, 1.165) is 73.6 Å².